The van der Waals surface area contributed by atoms with Gasteiger partial charge in [0.25, 0.3) is 0 Å². The number of carbonyl (C=O) groups excluding carboxylic acids is 1. The van der Waals surface area contributed by atoms with Gasteiger partial charge in [-0.25, -0.2) is 5.06 Å². The summed E-state index contributed by atoms with van der Waals surface area (Å²) in [6.07, 6.45) is -3.47. The highest BCUT2D eigenvalue weighted by Crippen LogP contribution is 2.39. The lowest BCUT2D eigenvalue weighted by Gasteiger charge is -2.30. The fourth-order valence-electron chi connectivity index (χ4n) is 2.01. The van der Waals surface area contributed by atoms with Gasteiger partial charge in [-0.3, -0.25) is 9.63 Å². The molecule has 3 nitrogen and oxygen atoms in total. The Balaban J connectivity index is 2.46. The largest absolute Gasteiger partial charge is 0.391 e. The minimum Gasteiger partial charge on any atom is -0.275 e. The first-order valence-corrected chi connectivity index (χ1v) is 5.24. The summed E-state index contributed by atoms with van der Waals surface area (Å²) in [6, 6.07) is 0. The number of nitrogens with zero attached hydrogens (tertiary/aromatic N) is 1. The maximum absolute atomic E-state index is 12.4. The van der Waals surface area contributed by atoms with E-state index in [2.05, 4.69) is 0 Å². The van der Waals surface area contributed by atoms with E-state index in [1.165, 1.54) is 14.2 Å². The molecule has 1 fully saturated rings. The van der Waals surface area contributed by atoms with Gasteiger partial charge in [-0.1, -0.05) is 0 Å². The van der Waals surface area contributed by atoms with E-state index in [4.69, 9.17) is 4.84 Å². The Morgan fingerprint density at radius 1 is 1.25 bits per heavy atom. The van der Waals surface area contributed by atoms with E-state index in [1.807, 2.05) is 0 Å². The molecule has 0 spiro atoms. The zero-order valence-corrected chi connectivity index (χ0v) is 9.38. The lowest BCUT2D eigenvalue weighted by Crippen LogP contribution is -2.36. The highest BCUT2D eigenvalue weighted by atomic mass is 19.4. The van der Waals surface area contributed by atoms with Gasteiger partial charge in [0.15, 0.2) is 0 Å². The molecule has 0 bridgehead atoms. The van der Waals surface area contributed by atoms with Gasteiger partial charge in [0.1, 0.15) is 0 Å². The smallest absolute Gasteiger partial charge is 0.275 e. The highest BCUT2D eigenvalue weighted by molar-refractivity contribution is 5.77. The van der Waals surface area contributed by atoms with Crippen LogP contribution in [0, 0.1) is 11.8 Å². The van der Waals surface area contributed by atoms with Crippen LogP contribution in [0.1, 0.15) is 25.7 Å². The Labute approximate surface area is 92.5 Å². The van der Waals surface area contributed by atoms with Gasteiger partial charge in [-0.15, -0.1) is 0 Å². The number of amides is 1. The van der Waals surface area contributed by atoms with Crippen LogP contribution in [0.15, 0.2) is 0 Å². The Kier molecular flexibility index (Phi) is 4.18. The predicted octanol–water partition coefficient (Wildman–Crippen LogP) is 2.37. The van der Waals surface area contributed by atoms with E-state index in [0.717, 1.165) is 5.06 Å². The number of halogens is 3. The number of hydrogen-bond acceptors (Lipinski definition) is 2. The Hall–Kier alpha value is -0.780. The second kappa shape index (κ2) is 5.03. The number of rotatable bonds is 2. The second-order valence-corrected chi connectivity index (χ2v) is 4.11. The molecule has 1 rings (SSSR count). The molecule has 0 atom stereocenters. The summed E-state index contributed by atoms with van der Waals surface area (Å²) < 4.78 is 37.1. The van der Waals surface area contributed by atoms with E-state index in [0.29, 0.717) is 0 Å². The molecule has 0 aromatic heterocycles. The standard InChI is InChI=1S/C10H16F3NO2/c1-14(16-2)9(15)7-3-5-8(6-4-7)10(11,12)13/h7-8H,3-6H2,1-2H3/t7-,8+. The third-order valence-corrected chi connectivity index (χ3v) is 3.12. The molecule has 94 valence electrons. The first-order valence-electron chi connectivity index (χ1n) is 5.24. The van der Waals surface area contributed by atoms with E-state index in [9.17, 15) is 18.0 Å². The van der Waals surface area contributed by atoms with Crippen molar-refractivity contribution in [1.29, 1.82) is 0 Å². The normalized spacial score (nSPS) is 26.6. The summed E-state index contributed by atoms with van der Waals surface area (Å²) in [5, 5.41) is 1.08. The van der Waals surface area contributed by atoms with Crippen molar-refractivity contribution in [3.63, 3.8) is 0 Å². The molecule has 1 aliphatic carbocycles. The topological polar surface area (TPSA) is 29.5 Å². The summed E-state index contributed by atoms with van der Waals surface area (Å²) in [4.78, 5) is 16.3. The average Bonchev–Trinajstić information content (AvgIpc) is 2.26. The number of alkyl halides is 3. The van der Waals surface area contributed by atoms with Crippen LogP contribution >= 0.6 is 0 Å². The van der Waals surface area contributed by atoms with Crippen LogP contribution in [-0.4, -0.2) is 31.3 Å². The van der Waals surface area contributed by atoms with Crippen LogP contribution in [0.4, 0.5) is 13.2 Å². The highest BCUT2D eigenvalue weighted by Gasteiger charge is 2.42. The van der Waals surface area contributed by atoms with Crippen molar-refractivity contribution in [2.24, 2.45) is 11.8 Å². The summed E-state index contributed by atoms with van der Waals surface area (Å²) in [7, 11) is 2.83. The number of hydrogen-bond donors (Lipinski definition) is 0. The van der Waals surface area contributed by atoms with Crippen molar-refractivity contribution in [3.8, 4) is 0 Å². The van der Waals surface area contributed by atoms with E-state index in [1.54, 1.807) is 0 Å². The molecule has 1 amide bonds. The average molecular weight is 239 g/mol. The van der Waals surface area contributed by atoms with E-state index < -0.39 is 12.1 Å². The van der Waals surface area contributed by atoms with Crippen LogP contribution in [0.25, 0.3) is 0 Å². The molecular weight excluding hydrogens is 223 g/mol. The monoisotopic (exact) mass is 239 g/mol. The van der Waals surface area contributed by atoms with Gasteiger partial charge in [-0.05, 0) is 25.7 Å². The summed E-state index contributed by atoms with van der Waals surface area (Å²) in [6.45, 7) is 0. The molecule has 1 aliphatic rings. The van der Waals surface area contributed by atoms with Crippen molar-refractivity contribution in [3.05, 3.63) is 0 Å². The van der Waals surface area contributed by atoms with Crippen molar-refractivity contribution >= 4 is 5.91 Å². The maximum Gasteiger partial charge on any atom is 0.391 e. The van der Waals surface area contributed by atoms with Gasteiger partial charge >= 0.3 is 6.18 Å². The van der Waals surface area contributed by atoms with E-state index in [-0.39, 0.29) is 37.5 Å². The van der Waals surface area contributed by atoms with E-state index >= 15 is 0 Å². The minimum atomic E-state index is -4.12. The van der Waals surface area contributed by atoms with Gasteiger partial charge in [-0.2, -0.15) is 13.2 Å². The summed E-state index contributed by atoms with van der Waals surface area (Å²) in [5.41, 5.74) is 0. The number of hydroxylamine groups is 2. The minimum absolute atomic E-state index is 0.0391. The van der Waals surface area contributed by atoms with Crippen molar-refractivity contribution < 1.29 is 22.8 Å². The molecule has 0 aliphatic heterocycles. The third kappa shape index (κ3) is 3.10. The Bertz CT molecular complexity index is 247. The summed E-state index contributed by atoms with van der Waals surface area (Å²) in [5.74, 6) is -1.81. The van der Waals surface area contributed by atoms with Gasteiger partial charge in [0.05, 0.1) is 13.0 Å². The van der Waals surface area contributed by atoms with Gasteiger partial charge < -0.3 is 0 Å². The van der Waals surface area contributed by atoms with Crippen LogP contribution < -0.4 is 0 Å². The van der Waals surface area contributed by atoms with Gasteiger partial charge in [0.2, 0.25) is 5.91 Å². The van der Waals surface area contributed by atoms with Crippen LogP contribution in [0.5, 0.6) is 0 Å². The fraction of sp³-hybridized carbons (Fsp3) is 0.900. The van der Waals surface area contributed by atoms with Crippen molar-refractivity contribution in [1.82, 2.24) is 5.06 Å². The molecule has 0 unspecified atom stereocenters. The molecule has 16 heavy (non-hydrogen) atoms. The Morgan fingerprint density at radius 3 is 2.12 bits per heavy atom. The third-order valence-electron chi connectivity index (χ3n) is 3.12. The predicted molar refractivity (Wildman–Crippen MR) is 51.3 cm³/mol. The SMILES string of the molecule is CON(C)C(=O)[C@H]1CC[C@@H](C(F)(F)F)CC1. The quantitative estimate of drug-likeness (QED) is 0.692. The van der Waals surface area contributed by atoms with Crippen LogP contribution in [0.3, 0.4) is 0 Å². The van der Waals surface area contributed by atoms with Crippen LogP contribution in [0.2, 0.25) is 0 Å². The molecule has 0 saturated heterocycles. The molecule has 6 heteroatoms. The molecule has 0 aromatic carbocycles. The fourth-order valence-corrected chi connectivity index (χ4v) is 2.01. The van der Waals surface area contributed by atoms with Crippen molar-refractivity contribution in [2.45, 2.75) is 31.9 Å². The lowest BCUT2D eigenvalue weighted by atomic mass is 9.81. The second-order valence-electron chi connectivity index (χ2n) is 4.11. The first-order chi connectivity index (χ1) is 7.36. The molecule has 0 radical (unpaired) electrons. The zero-order chi connectivity index (χ0) is 12.3. The molecule has 0 N–H and O–H groups in total. The van der Waals surface area contributed by atoms with Crippen LogP contribution in [-0.2, 0) is 9.63 Å². The van der Waals surface area contributed by atoms with Gasteiger partial charge in [0, 0.05) is 13.0 Å². The lowest BCUT2D eigenvalue weighted by molar-refractivity contribution is -0.191. The molecular formula is C10H16F3NO2. The Morgan fingerprint density at radius 2 is 1.75 bits per heavy atom. The molecule has 0 aromatic rings. The first kappa shape index (κ1) is 13.3. The van der Waals surface area contributed by atoms with Crippen molar-refractivity contribution in [2.75, 3.05) is 14.2 Å². The summed E-state index contributed by atoms with van der Waals surface area (Å²) >= 11 is 0. The zero-order valence-electron chi connectivity index (χ0n) is 9.38. The molecule has 1 saturated carbocycles. The molecule has 0 heterocycles. The number of carbonyl (C=O) groups is 1. The maximum atomic E-state index is 12.4.